The first-order valence-electron chi connectivity index (χ1n) is 8.30. The predicted octanol–water partition coefficient (Wildman–Crippen LogP) is 3.39. The summed E-state index contributed by atoms with van der Waals surface area (Å²) < 4.78 is 5.51. The average molecular weight is 349 g/mol. The van der Waals surface area contributed by atoms with Crippen LogP contribution in [0.15, 0.2) is 53.6 Å². The monoisotopic (exact) mass is 349 g/mol. The second-order valence-corrected chi connectivity index (χ2v) is 6.04. The number of nitrogens with one attached hydrogen (secondary N) is 1. The molecule has 0 amide bonds. The van der Waals surface area contributed by atoms with E-state index in [4.69, 9.17) is 4.74 Å². The summed E-state index contributed by atoms with van der Waals surface area (Å²) in [7, 11) is 0. The fraction of sp³-hybridized carbons (Fsp3) is 0.200. The topological polar surface area (TPSA) is 84.9 Å². The number of carbonyl (C=O) groups is 1. The summed E-state index contributed by atoms with van der Waals surface area (Å²) in [6.45, 7) is 3.71. The Morgan fingerprint density at radius 1 is 1.12 bits per heavy atom. The molecule has 1 N–H and O–H groups in total. The molecule has 0 radical (unpaired) electrons. The smallest absolute Gasteiger partial charge is 0.321 e. The molecule has 2 heterocycles. The normalized spacial score (nSPS) is 10.5. The Labute approximate surface area is 150 Å². The van der Waals surface area contributed by atoms with Gasteiger partial charge in [0, 0.05) is 30.1 Å². The number of aromatic nitrogens is 3. The summed E-state index contributed by atoms with van der Waals surface area (Å²) in [5.74, 6) is 0.510. The summed E-state index contributed by atoms with van der Waals surface area (Å²) in [6.07, 6.45) is 3.48. The number of para-hydroxylation sites is 1. The van der Waals surface area contributed by atoms with Crippen molar-refractivity contribution < 1.29 is 9.53 Å². The lowest BCUT2D eigenvalue weighted by Crippen LogP contribution is -2.17. The number of aryl methyl sites for hydroxylation is 2. The van der Waals surface area contributed by atoms with E-state index in [9.17, 15) is 9.59 Å². The highest BCUT2D eigenvalue weighted by molar-refractivity contribution is 5.95. The summed E-state index contributed by atoms with van der Waals surface area (Å²) in [5.41, 5.74) is 2.59. The third kappa shape index (κ3) is 4.22. The van der Waals surface area contributed by atoms with Gasteiger partial charge in [-0.2, -0.15) is 0 Å². The van der Waals surface area contributed by atoms with Crippen molar-refractivity contribution in [1.82, 2.24) is 15.0 Å². The molecule has 1 aromatic carbocycles. The van der Waals surface area contributed by atoms with Crippen LogP contribution < -0.4 is 10.3 Å². The van der Waals surface area contributed by atoms with Crippen molar-refractivity contribution in [3.63, 3.8) is 0 Å². The highest BCUT2D eigenvalue weighted by Crippen LogP contribution is 2.17. The molecular weight excluding hydrogens is 330 g/mol. The first-order chi connectivity index (χ1) is 12.5. The number of hydrogen-bond donors (Lipinski definition) is 1. The molecular formula is C20H19N3O3. The lowest BCUT2D eigenvalue weighted by Gasteiger charge is -2.06. The van der Waals surface area contributed by atoms with Gasteiger partial charge in [-0.25, -0.2) is 9.97 Å². The van der Waals surface area contributed by atoms with Crippen molar-refractivity contribution in [2.24, 2.45) is 0 Å². The molecule has 132 valence electrons. The maximum absolute atomic E-state index is 12.3. The molecule has 3 rings (SSSR count). The number of hydrogen-bond acceptors (Lipinski definition) is 5. The number of aromatic amines is 1. The summed E-state index contributed by atoms with van der Waals surface area (Å²) in [4.78, 5) is 35.3. The number of ether oxygens (including phenoxy) is 1. The minimum Gasteiger partial charge on any atom is -0.424 e. The van der Waals surface area contributed by atoms with Crippen LogP contribution in [0.3, 0.4) is 0 Å². The van der Waals surface area contributed by atoms with Crippen molar-refractivity contribution in [3.8, 4) is 11.8 Å². The Balaban J connectivity index is 1.64. The third-order valence-electron chi connectivity index (χ3n) is 4.00. The van der Waals surface area contributed by atoms with Crippen LogP contribution in [-0.2, 0) is 6.42 Å². The molecule has 26 heavy (non-hydrogen) atoms. The maximum Gasteiger partial charge on any atom is 0.321 e. The number of rotatable bonds is 6. The third-order valence-corrected chi connectivity index (χ3v) is 4.00. The van der Waals surface area contributed by atoms with E-state index in [1.165, 1.54) is 12.4 Å². The number of carbonyl (C=O) groups excluding carboxylic acids is 1. The molecule has 0 atom stereocenters. The Morgan fingerprint density at radius 2 is 1.81 bits per heavy atom. The van der Waals surface area contributed by atoms with Crippen LogP contribution in [0.4, 0.5) is 0 Å². The van der Waals surface area contributed by atoms with Crippen LogP contribution in [0, 0.1) is 13.8 Å². The number of Topliss-reactive ketones (excluding diaryl/α,β-unsaturated/α-hetero) is 1. The van der Waals surface area contributed by atoms with E-state index in [0.717, 1.165) is 11.3 Å². The predicted molar refractivity (Wildman–Crippen MR) is 97.7 cm³/mol. The van der Waals surface area contributed by atoms with Gasteiger partial charge in [0.05, 0.1) is 5.56 Å². The summed E-state index contributed by atoms with van der Waals surface area (Å²) in [6, 6.07) is 11.3. The molecule has 0 aliphatic carbocycles. The van der Waals surface area contributed by atoms with Gasteiger partial charge in [-0.3, -0.25) is 9.59 Å². The van der Waals surface area contributed by atoms with Gasteiger partial charge in [0.25, 0.3) is 5.56 Å². The number of benzene rings is 1. The molecule has 3 aromatic rings. The Kier molecular flexibility index (Phi) is 5.22. The largest absolute Gasteiger partial charge is 0.424 e. The standard InChI is InChI=1S/C20H19N3O3/c1-13-10-14(2)23-19(25)17(13)8-9-18(24)15-11-21-20(22-12-15)26-16-6-4-3-5-7-16/h3-7,10-12H,8-9H2,1-2H3,(H,23,25). The molecule has 0 saturated carbocycles. The van der Waals surface area contributed by atoms with Gasteiger partial charge in [-0.1, -0.05) is 18.2 Å². The fourth-order valence-electron chi connectivity index (χ4n) is 2.68. The lowest BCUT2D eigenvalue weighted by atomic mass is 10.0. The second-order valence-electron chi connectivity index (χ2n) is 6.04. The van der Waals surface area contributed by atoms with Crippen LogP contribution in [0.1, 0.15) is 33.6 Å². The van der Waals surface area contributed by atoms with Gasteiger partial charge in [0.1, 0.15) is 5.75 Å². The second kappa shape index (κ2) is 7.74. The zero-order valence-electron chi connectivity index (χ0n) is 14.7. The first kappa shape index (κ1) is 17.5. The quantitative estimate of drug-likeness (QED) is 0.690. The minimum atomic E-state index is -0.141. The zero-order valence-corrected chi connectivity index (χ0v) is 14.7. The van der Waals surface area contributed by atoms with E-state index < -0.39 is 0 Å². The van der Waals surface area contributed by atoms with E-state index in [1.54, 1.807) is 12.1 Å². The first-order valence-corrected chi connectivity index (χ1v) is 8.30. The van der Waals surface area contributed by atoms with Crippen LogP contribution in [0.2, 0.25) is 0 Å². The molecule has 0 aliphatic heterocycles. The molecule has 0 spiro atoms. The van der Waals surface area contributed by atoms with E-state index in [0.29, 0.717) is 23.3 Å². The summed E-state index contributed by atoms with van der Waals surface area (Å²) >= 11 is 0. The highest BCUT2D eigenvalue weighted by atomic mass is 16.5. The Hall–Kier alpha value is -3.28. The fourth-order valence-corrected chi connectivity index (χ4v) is 2.68. The van der Waals surface area contributed by atoms with Gasteiger partial charge in [-0.05, 0) is 44.0 Å². The van der Waals surface area contributed by atoms with Crippen molar-refractivity contribution in [2.45, 2.75) is 26.7 Å². The number of pyridine rings is 1. The minimum absolute atomic E-state index is 0.115. The van der Waals surface area contributed by atoms with Crippen molar-refractivity contribution in [1.29, 1.82) is 0 Å². The highest BCUT2D eigenvalue weighted by Gasteiger charge is 2.12. The van der Waals surface area contributed by atoms with Gasteiger partial charge >= 0.3 is 6.01 Å². The van der Waals surface area contributed by atoms with E-state index in [1.807, 2.05) is 38.1 Å². The number of ketones is 1. The molecule has 6 heteroatoms. The summed E-state index contributed by atoms with van der Waals surface area (Å²) in [5, 5.41) is 0. The van der Waals surface area contributed by atoms with E-state index >= 15 is 0 Å². The molecule has 0 unspecified atom stereocenters. The van der Waals surface area contributed by atoms with Crippen molar-refractivity contribution in [2.75, 3.05) is 0 Å². The Bertz CT molecular complexity index is 964. The van der Waals surface area contributed by atoms with Crippen molar-refractivity contribution in [3.05, 3.63) is 81.5 Å². The molecule has 0 fully saturated rings. The maximum atomic E-state index is 12.3. The molecule has 0 bridgehead atoms. The molecule has 2 aromatic heterocycles. The van der Waals surface area contributed by atoms with Gasteiger partial charge < -0.3 is 9.72 Å². The van der Waals surface area contributed by atoms with Gasteiger partial charge in [0.2, 0.25) is 0 Å². The average Bonchev–Trinajstić information content (AvgIpc) is 2.62. The number of H-pyrrole nitrogens is 1. The van der Waals surface area contributed by atoms with E-state index in [2.05, 4.69) is 15.0 Å². The Morgan fingerprint density at radius 3 is 2.46 bits per heavy atom. The van der Waals surface area contributed by atoms with Gasteiger partial charge in [-0.15, -0.1) is 0 Å². The van der Waals surface area contributed by atoms with E-state index in [-0.39, 0.29) is 23.8 Å². The van der Waals surface area contributed by atoms with Crippen LogP contribution in [-0.4, -0.2) is 20.7 Å². The van der Waals surface area contributed by atoms with Gasteiger partial charge in [0.15, 0.2) is 5.78 Å². The SMILES string of the molecule is Cc1cc(C)c(CCC(=O)c2cnc(Oc3ccccc3)nc2)c(=O)[nH]1. The molecule has 0 aliphatic rings. The van der Waals surface area contributed by atoms with Crippen molar-refractivity contribution >= 4 is 5.78 Å². The van der Waals surface area contributed by atoms with Crippen LogP contribution in [0.25, 0.3) is 0 Å². The van der Waals surface area contributed by atoms with Crippen LogP contribution >= 0.6 is 0 Å². The molecule has 0 saturated heterocycles. The van der Waals surface area contributed by atoms with Crippen LogP contribution in [0.5, 0.6) is 11.8 Å². The number of nitrogens with zero attached hydrogens (tertiary/aromatic N) is 2. The molecule has 6 nitrogen and oxygen atoms in total. The zero-order chi connectivity index (χ0) is 18.5. The lowest BCUT2D eigenvalue weighted by molar-refractivity contribution is 0.0982.